The summed E-state index contributed by atoms with van der Waals surface area (Å²) in [7, 11) is 1.19. The molecule has 3 atom stereocenters. The van der Waals surface area contributed by atoms with Crippen molar-refractivity contribution in [2.45, 2.75) is 44.7 Å². The van der Waals surface area contributed by atoms with Gasteiger partial charge in [0.15, 0.2) is 0 Å². The Bertz CT molecular complexity index is 1430. The lowest BCUT2D eigenvalue weighted by Crippen LogP contribution is -2.59. The van der Waals surface area contributed by atoms with Crippen LogP contribution in [0.3, 0.4) is 0 Å². The Morgan fingerprint density at radius 1 is 0.795 bits per heavy atom. The molecular formula is C30H35BCl2N4O7. The van der Waals surface area contributed by atoms with Crippen LogP contribution < -0.4 is 25.4 Å². The highest BCUT2D eigenvalue weighted by Crippen LogP contribution is 2.18. The van der Waals surface area contributed by atoms with Crippen LogP contribution in [0, 0.1) is 5.92 Å². The molecule has 0 radical (unpaired) electrons. The monoisotopic (exact) mass is 644 g/mol. The lowest BCUT2D eigenvalue weighted by Gasteiger charge is -2.27. The molecule has 44 heavy (non-hydrogen) atoms. The maximum Gasteiger partial charge on any atom is 0.475 e. The summed E-state index contributed by atoms with van der Waals surface area (Å²) in [6.07, 6.45) is 0.164. The van der Waals surface area contributed by atoms with E-state index in [-0.39, 0.29) is 28.7 Å². The van der Waals surface area contributed by atoms with Gasteiger partial charge in [0, 0.05) is 6.42 Å². The number of nitrogens with zero attached hydrogens (tertiary/aromatic N) is 1. The van der Waals surface area contributed by atoms with Crippen molar-refractivity contribution in [3.63, 3.8) is 0 Å². The fraction of sp³-hybridized carbons (Fsp3) is 0.333. The van der Waals surface area contributed by atoms with Crippen LogP contribution in [0.1, 0.15) is 35.5 Å². The Kier molecular flexibility index (Phi) is 12.8. The van der Waals surface area contributed by atoms with Gasteiger partial charge in [-0.05, 0) is 59.9 Å². The van der Waals surface area contributed by atoms with Crippen molar-refractivity contribution >= 4 is 48.0 Å². The number of ether oxygens (including phenoxy) is 2. The second-order valence-corrected chi connectivity index (χ2v) is 11.1. The summed E-state index contributed by atoms with van der Waals surface area (Å²) in [5.74, 6) is -2.25. The predicted octanol–water partition coefficient (Wildman–Crippen LogP) is 2.63. The second kappa shape index (κ2) is 16.3. The lowest BCUT2D eigenvalue weighted by molar-refractivity contribution is -0.131. The van der Waals surface area contributed by atoms with E-state index in [1.807, 2.05) is 0 Å². The first-order valence-electron chi connectivity index (χ1n) is 13.8. The highest BCUT2D eigenvalue weighted by molar-refractivity contribution is 6.43. The summed E-state index contributed by atoms with van der Waals surface area (Å²) in [6.45, 7) is 3.45. The van der Waals surface area contributed by atoms with Gasteiger partial charge in [-0.1, -0.05) is 61.3 Å². The molecule has 0 aliphatic rings. The van der Waals surface area contributed by atoms with Gasteiger partial charge in [-0.25, -0.2) is 4.98 Å². The van der Waals surface area contributed by atoms with Crippen molar-refractivity contribution in [2.24, 2.45) is 5.92 Å². The molecule has 0 aliphatic heterocycles. The number of pyridine rings is 1. The van der Waals surface area contributed by atoms with E-state index in [1.54, 1.807) is 62.4 Å². The average molecular weight is 645 g/mol. The van der Waals surface area contributed by atoms with E-state index in [4.69, 9.17) is 32.7 Å². The molecule has 1 aromatic heterocycles. The molecule has 3 amide bonds. The molecule has 3 rings (SSSR count). The number of benzene rings is 2. The first-order valence-corrected chi connectivity index (χ1v) is 14.5. The zero-order chi connectivity index (χ0) is 32.4. The van der Waals surface area contributed by atoms with Crippen LogP contribution in [0.2, 0.25) is 10.2 Å². The number of rotatable bonds is 14. The average Bonchev–Trinajstić information content (AvgIpc) is 3.00. The molecule has 0 unspecified atom stereocenters. The topological polar surface area (TPSA) is 159 Å². The molecule has 14 heteroatoms. The molecule has 234 valence electrons. The third kappa shape index (κ3) is 9.85. The van der Waals surface area contributed by atoms with Crippen molar-refractivity contribution in [3.8, 4) is 11.5 Å². The zero-order valence-corrected chi connectivity index (χ0v) is 26.2. The maximum absolute atomic E-state index is 13.7. The molecule has 2 aromatic carbocycles. The van der Waals surface area contributed by atoms with Crippen molar-refractivity contribution in [2.75, 3.05) is 14.2 Å². The van der Waals surface area contributed by atoms with Crippen molar-refractivity contribution < 1.29 is 33.9 Å². The first-order chi connectivity index (χ1) is 20.9. The number of halogens is 2. The number of methoxy groups -OCH3 is 2. The normalized spacial score (nSPS) is 12.9. The fourth-order valence-electron chi connectivity index (χ4n) is 4.32. The summed E-state index contributed by atoms with van der Waals surface area (Å²) >= 11 is 12.1. The third-order valence-electron chi connectivity index (χ3n) is 6.80. The van der Waals surface area contributed by atoms with Crippen molar-refractivity contribution in [1.29, 1.82) is 0 Å². The SMILES string of the molecule is COc1ccc(C[C@H](NC(=O)c2nc(Cl)ccc2Cl)C(=O)N[C@H](C(=O)N[C@H](Cc2ccc(OC)cc2)B(O)O)C(C)C)cc1. The second-order valence-electron chi connectivity index (χ2n) is 10.4. The van der Waals surface area contributed by atoms with Crippen LogP contribution >= 0.6 is 23.2 Å². The summed E-state index contributed by atoms with van der Waals surface area (Å²) < 4.78 is 10.4. The predicted molar refractivity (Wildman–Crippen MR) is 168 cm³/mol. The van der Waals surface area contributed by atoms with E-state index >= 15 is 0 Å². The minimum Gasteiger partial charge on any atom is -0.497 e. The van der Waals surface area contributed by atoms with E-state index in [9.17, 15) is 24.4 Å². The molecule has 0 spiro atoms. The molecular weight excluding hydrogens is 610 g/mol. The van der Waals surface area contributed by atoms with E-state index in [0.717, 1.165) is 5.56 Å². The number of carbonyl (C=O) groups is 3. The lowest BCUT2D eigenvalue weighted by atomic mass is 9.75. The van der Waals surface area contributed by atoms with Crippen LogP contribution in [0.25, 0.3) is 0 Å². The molecule has 3 aromatic rings. The van der Waals surface area contributed by atoms with Gasteiger partial charge in [0.25, 0.3) is 5.91 Å². The largest absolute Gasteiger partial charge is 0.497 e. The van der Waals surface area contributed by atoms with E-state index < -0.39 is 48.8 Å². The van der Waals surface area contributed by atoms with E-state index in [1.165, 1.54) is 26.4 Å². The van der Waals surface area contributed by atoms with Gasteiger partial charge in [-0.2, -0.15) is 0 Å². The number of aromatic nitrogens is 1. The fourth-order valence-corrected chi connectivity index (χ4v) is 4.66. The van der Waals surface area contributed by atoms with Crippen LogP contribution in [-0.2, 0) is 22.4 Å². The van der Waals surface area contributed by atoms with Gasteiger partial charge >= 0.3 is 7.12 Å². The molecule has 5 N–H and O–H groups in total. The summed E-state index contributed by atoms with van der Waals surface area (Å²) in [5, 5.41) is 28.1. The summed E-state index contributed by atoms with van der Waals surface area (Å²) in [5.41, 5.74) is 1.26. The quantitative estimate of drug-likeness (QED) is 0.132. The van der Waals surface area contributed by atoms with Crippen LogP contribution in [-0.4, -0.2) is 72.1 Å². The minimum absolute atomic E-state index is 0.0420. The Hall–Kier alpha value is -3.84. The van der Waals surface area contributed by atoms with Gasteiger partial charge < -0.3 is 35.5 Å². The van der Waals surface area contributed by atoms with Gasteiger partial charge in [0.05, 0.1) is 25.2 Å². The molecule has 1 heterocycles. The Balaban J connectivity index is 1.81. The number of amides is 3. The Morgan fingerprint density at radius 2 is 1.34 bits per heavy atom. The number of carbonyl (C=O) groups excluding carboxylic acids is 3. The summed E-state index contributed by atoms with van der Waals surface area (Å²) in [6, 6.07) is 14.5. The first kappa shape index (κ1) is 34.7. The maximum atomic E-state index is 13.7. The van der Waals surface area contributed by atoms with E-state index in [2.05, 4.69) is 20.9 Å². The van der Waals surface area contributed by atoms with Crippen LogP contribution in [0.4, 0.5) is 0 Å². The van der Waals surface area contributed by atoms with Crippen molar-refractivity contribution in [3.05, 3.63) is 87.7 Å². The smallest absolute Gasteiger partial charge is 0.475 e. The molecule has 0 fully saturated rings. The van der Waals surface area contributed by atoms with Crippen LogP contribution in [0.15, 0.2) is 60.7 Å². The highest BCUT2D eigenvalue weighted by atomic mass is 35.5. The number of hydrogen-bond acceptors (Lipinski definition) is 8. The Morgan fingerprint density at radius 3 is 1.84 bits per heavy atom. The van der Waals surface area contributed by atoms with Gasteiger partial charge in [0.2, 0.25) is 11.8 Å². The Labute approximate surface area is 266 Å². The molecule has 0 saturated carbocycles. The third-order valence-corrected chi connectivity index (χ3v) is 7.31. The summed E-state index contributed by atoms with van der Waals surface area (Å²) in [4.78, 5) is 44.2. The van der Waals surface area contributed by atoms with Crippen molar-refractivity contribution in [1.82, 2.24) is 20.9 Å². The number of nitrogens with one attached hydrogen (secondary N) is 3. The van der Waals surface area contributed by atoms with E-state index in [0.29, 0.717) is 17.1 Å². The van der Waals surface area contributed by atoms with Gasteiger partial charge in [-0.15, -0.1) is 0 Å². The molecule has 0 bridgehead atoms. The zero-order valence-electron chi connectivity index (χ0n) is 24.7. The van der Waals surface area contributed by atoms with Crippen LogP contribution in [0.5, 0.6) is 11.5 Å². The standard InChI is InChI=1S/C30H35BCl2N4O7/c1-17(2)26(29(39)35-24(31(41)42)16-19-7-11-21(44-4)12-8-19)37-28(38)23(15-18-5-9-20(43-3)10-6-18)34-30(40)27-22(32)13-14-25(33)36-27/h5-14,17,23-24,26,41-42H,15-16H2,1-4H3,(H,34,40)(H,35,39)(H,37,38)/t23-,24+,26-/m0/s1. The van der Waals surface area contributed by atoms with Gasteiger partial charge in [-0.3, -0.25) is 14.4 Å². The van der Waals surface area contributed by atoms with Gasteiger partial charge in [0.1, 0.15) is 34.4 Å². The highest BCUT2D eigenvalue weighted by Gasteiger charge is 2.33. The number of hydrogen-bond donors (Lipinski definition) is 5. The minimum atomic E-state index is -1.87. The molecule has 0 saturated heterocycles. The molecule has 0 aliphatic carbocycles. The molecule has 11 nitrogen and oxygen atoms in total.